The van der Waals surface area contributed by atoms with Gasteiger partial charge in [0.05, 0.1) is 0 Å². The molecule has 3 fully saturated rings. The second-order valence-corrected chi connectivity index (χ2v) is 12.3. The van der Waals surface area contributed by atoms with Crippen LogP contribution in [-0.4, -0.2) is 12.1 Å². The Hall–Kier alpha value is -1.05. The third-order valence-corrected chi connectivity index (χ3v) is 10.4. The maximum absolute atomic E-state index is 11.5. The van der Waals surface area contributed by atoms with Crippen LogP contribution in [-0.2, 0) is 9.53 Å². The summed E-state index contributed by atoms with van der Waals surface area (Å²) in [4.78, 5) is 11.5. The molecule has 0 aromatic carbocycles. The molecule has 0 aromatic rings. The van der Waals surface area contributed by atoms with Gasteiger partial charge in [0, 0.05) is 13.3 Å². The lowest BCUT2D eigenvalue weighted by molar-refractivity contribution is -0.148. The largest absolute Gasteiger partial charge is 0.462 e. The molecule has 4 rings (SSSR count). The van der Waals surface area contributed by atoms with Gasteiger partial charge in [-0.2, -0.15) is 0 Å². The molecule has 0 aliphatic heterocycles. The molecule has 0 radical (unpaired) electrons. The molecular formula is C29H46O2. The quantitative estimate of drug-likeness (QED) is 0.319. The van der Waals surface area contributed by atoms with Gasteiger partial charge in [-0.3, -0.25) is 4.79 Å². The first-order chi connectivity index (χ1) is 14.6. The van der Waals surface area contributed by atoms with Gasteiger partial charge in [-0.15, -0.1) is 6.58 Å². The zero-order chi connectivity index (χ0) is 22.4. The Morgan fingerprint density at radius 2 is 1.94 bits per heavy atom. The van der Waals surface area contributed by atoms with E-state index in [-0.39, 0.29) is 12.1 Å². The Balaban J connectivity index is 1.47. The SMILES string of the molecule is C=C(C)CCC[C@@H](C)[C@H]1CC[C@H]2[C@@H]3CC=C4C[C@H](OC(C)=O)CC[C@]4(C)[C@H]3CC[C@]12C. The average molecular weight is 427 g/mol. The number of carbonyl (C=O) groups excluding carboxylic acids is 1. The van der Waals surface area contributed by atoms with Crippen molar-refractivity contribution in [1.82, 2.24) is 0 Å². The highest BCUT2D eigenvalue weighted by Gasteiger charge is 2.59. The van der Waals surface area contributed by atoms with Crippen LogP contribution in [0, 0.1) is 40.4 Å². The van der Waals surface area contributed by atoms with Gasteiger partial charge in [-0.25, -0.2) is 0 Å². The van der Waals surface area contributed by atoms with E-state index in [0.29, 0.717) is 10.8 Å². The molecule has 2 heteroatoms. The van der Waals surface area contributed by atoms with Gasteiger partial charge in [0.2, 0.25) is 0 Å². The van der Waals surface area contributed by atoms with Gasteiger partial charge in [-0.1, -0.05) is 44.4 Å². The summed E-state index contributed by atoms with van der Waals surface area (Å²) in [7, 11) is 0. The third kappa shape index (κ3) is 4.18. The zero-order valence-corrected chi connectivity index (χ0v) is 20.8. The monoisotopic (exact) mass is 426 g/mol. The number of rotatable bonds is 6. The van der Waals surface area contributed by atoms with E-state index in [9.17, 15) is 4.79 Å². The Kier molecular flexibility index (Phi) is 6.50. The smallest absolute Gasteiger partial charge is 0.302 e. The fraction of sp³-hybridized carbons (Fsp3) is 0.828. The highest BCUT2D eigenvalue weighted by atomic mass is 16.5. The molecule has 2 nitrogen and oxygen atoms in total. The Labute approximate surface area is 191 Å². The van der Waals surface area contributed by atoms with Crippen LogP contribution in [0.1, 0.15) is 105 Å². The van der Waals surface area contributed by atoms with Crippen molar-refractivity contribution in [3.63, 3.8) is 0 Å². The number of allylic oxidation sites excluding steroid dienone is 2. The first-order valence-corrected chi connectivity index (χ1v) is 13.2. The summed E-state index contributed by atoms with van der Waals surface area (Å²) in [5.41, 5.74) is 3.83. The minimum absolute atomic E-state index is 0.109. The van der Waals surface area contributed by atoms with Crippen LogP contribution in [0.3, 0.4) is 0 Å². The number of fused-ring (bicyclic) bond motifs is 5. The van der Waals surface area contributed by atoms with E-state index in [4.69, 9.17) is 4.74 Å². The van der Waals surface area contributed by atoms with Crippen LogP contribution in [0.4, 0.5) is 0 Å². The molecule has 31 heavy (non-hydrogen) atoms. The molecule has 0 amide bonds. The molecule has 0 aromatic heterocycles. The van der Waals surface area contributed by atoms with E-state index in [1.54, 1.807) is 12.5 Å². The summed E-state index contributed by atoms with van der Waals surface area (Å²) in [6.45, 7) is 15.6. The number of ether oxygens (including phenoxy) is 1. The number of hydrogen-bond donors (Lipinski definition) is 0. The molecule has 0 N–H and O–H groups in total. The lowest BCUT2D eigenvalue weighted by Crippen LogP contribution is -2.51. The number of hydrogen-bond acceptors (Lipinski definition) is 2. The molecule has 0 saturated heterocycles. The average Bonchev–Trinajstić information content (AvgIpc) is 3.05. The van der Waals surface area contributed by atoms with Gasteiger partial charge in [0.15, 0.2) is 0 Å². The molecule has 0 heterocycles. The third-order valence-electron chi connectivity index (χ3n) is 10.4. The van der Waals surface area contributed by atoms with Crippen LogP contribution in [0.2, 0.25) is 0 Å². The van der Waals surface area contributed by atoms with E-state index < -0.39 is 0 Å². The highest BCUT2D eigenvalue weighted by molar-refractivity contribution is 5.66. The van der Waals surface area contributed by atoms with Gasteiger partial charge in [-0.05, 0) is 105 Å². The van der Waals surface area contributed by atoms with Crippen LogP contribution < -0.4 is 0 Å². The van der Waals surface area contributed by atoms with E-state index in [2.05, 4.69) is 40.3 Å². The predicted molar refractivity (Wildman–Crippen MR) is 129 cm³/mol. The molecule has 4 aliphatic carbocycles. The molecule has 174 valence electrons. The van der Waals surface area contributed by atoms with E-state index in [1.807, 2.05) is 0 Å². The van der Waals surface area contributed by atoms with Crippen LogP contribution in [0.25, 0.3) is 0 Å². The summed E-state index contributed by atoms with van der Waals surface area (Å²) in [5, 5.41) is 0. The molecule has 8 atom stereocenters. The molecule has 0 unspecified atom stereocenters. The summed E-state index contributed by atoms with van der Waals surface area (Å²) in [6.07, 6.45) is 16.8. The fourth-order valence-corrected chi connectivity index (χ4v) is 8.87. The van der Waals surface area contributed by atoms with Gasteiger partial charge in [0.25, 0.3) is 0 Å². The minimum atomic E-state index is -0.120. The van der Waals surface area contributed by atoms with Gasteiger partial charge in [0.1, 0.15) is 6.10 Å². The van der Waals surface area contributed by atoms with Crippen LogP contribution in [0.15, 0.2) is 23.8 Å². The van der Waals surface area contributed by atoms with Crippen molar-refractivity contribution in [2.75, 3.05) is 0 Å². The van der Waals surface area contributed by atoms with E-state index in [1.165, 1.54) is 63.4 Å². The highest BCUT2D eigenvalue weighted by Crippen LogP contribution is 2.67. The van der Waals surface area contributed by atoms with Gasteiger partial charge >= 0.3 is 5.97 Å². The molecule has 0 spiro atoms. The van der Waals surface area contributed by atoms with Crippen molar-refractivity contribution < 1.29 is 9.53 Å². The summed E-state index contributed by atoms with van der Waals surface area (Å²) >= 11 is 0. The number of carbonyl (C=O) groups is 1. The standard InChI is InChI=1S/C29H46O2/c1-19(2)8-7-9-20(3)25-12-13-26-24-11-10-22-18-23(31-21(4)30)14-16-28(22,5)27(24)15-17-29(25,26)6/h10,20,23-27H,1,7-9,11-18H2,2-6H3/t20-,23-,24+,25-,26+,27+,28+,29-/m1/s1. The Morgan fingerprint density at radius 3 is 2.65 bits per heavy atom. The normalized spacial score (nSPS) is 42.6. The van der Waals surface area contributed by atoms with Crippen molar-refractivity contribution in [3.8, 4) is 0 Å². The maximum atomic E-state index is 11.5. The van der Waals surface area contributed by atoms with Gasteiger partial charge < -0.3 is 4.74 Å². The molecular weight excluding hydrogens is 380 g/mol. The van der Waals surface area contributed by atoms with E-state index >= 15 is 0 Å². The maximum Gasteiger partial charge on any atom is 0.302 e. The molecule has 4 aliphatic rings. The van der Waals surface area contributed by atoms with Crippen molar-refractivity contribution >= 4 is 5.97 Å². The van der Waals surface area contributed by atoms with Crippen LogP contribution >= 0.6 is 0 Å². The van der Waals surface area contributed by atoms with Crippen molar-refractivity contribution in [2.24, 2.45) is 40.4 Å². The fourth-order valence-electron chi connectivity index (χ4n) is 8.87. The first kappa shape index (κ1) is 23.1. The second kappa shape index (κ2) is 8.71. The second-order valence-electron chi connectivity index (χ2n) is 12.3. The van der Waals surface area contributed by atoms with Crippen molar-refractivity contribution in [1.29, 1.82) is 0 Å². The lowest BCUT2D eigenvalue weighted by Gasteiger charge is -2.58. The summed E-state index contributed by atoms with van der Waals surface area (Å²) in [6, 6.07) is 0. The first-order valence-electron chi connectivity index (χ1n) is 13.2. The topological polar surface area (TPSA) is 26.3 Å². The predicted octanol–water partition coefficient (Wildman–Crippen LogP) is 7.88. The van der Waals surface area contributed by atoms with Crippen LogP contribution in [0.5, 0.6) is 0 Å². The Morgan fingerprint density at radius 1 is 1.16 bits per heavy atom. The van der Waals surface area contributed by atoms with Crippen molar-refractivity contribution in [2.45, 2.75) is 111 Å². The zero-order valence-electron chi connectivity index (χ0n) is 20.8. The Bertz CT molecular complexity index is 735. The summed E-state index contributed by atoms with van der Waals surface area (Å²) < 4.78 is 5.61. The number of esters is 1. The van der Waals surface area contributed by atoms with Crippen molar-refractivity contribution in [3.05, 3.63) is 23.8 Å². The molecule has 3 saturated carbocycles. The minimum Gasteiger partial charge on any atom is -0.462 e. The molecule has 0 bridgehead atoms. The van der Waals surface area contributed by atoms with E-state index in [0.717, 1.165) is 42.4 Å². The lowest BCUT2D eigenvalue weighted by atomic mass is 9.47. The summed E-state index contributed by atoms with van der Waals surface area (Å²) in [5.74, 6) is 4.23.